The van der Waals surface area contributed by atoms with Crippen LogP contribution in [0.25, 0.3) is 0 Å². The zero-order valence-corrected chi connectivity index (χ0v) is 22.3. The first-order valence-electron chi connectivity index (χ1n) is 10.3. The second-order valence-electron chi connectivity index (χ2n) is 9.77. The molecule has 1 fully saturated rings. The fourth-order valence-electron chi connectivity index (χ4n) is 3.27. The van der Waals surface area contributed by atoms with E-state index in [2.05, 4.69) is 51.4 Å². The number of hydrogen-bond donors (Lipinski definition) is 0. The molecule has 0 aromatic heterocycles. The SMILES string of the molecule is CO/C(=C/C(=O)C[C@@]1(C)OC(O[Si](C)(C)C)C[C@@H]1Sc1ccccc1)O[Si](C)(C)C. The van der Waals surface area contributed by atoms with Crippen LogP contribution >= 0.6 is 11.8 Å². The Morgan fingerprint density at radius 2 is 1.80 bits per heavy atom. The first-order chi connectivity index (χ1) is 13.8. The number of ether oxygens (including phenoxy) is 2. The first-order valence-corrected chi connectivity index (χ1v) is 18.0. The number of benzene rings is 1. The number of allylic oxidation sites excluding steroid dienone is 1. The van der Waals surface area contributed by atoms with Crippen LogP contribution in [0, 0.1) is 0 Å². The molecule has 0 aliphatic carbocycles. The number of hydrogen-bond acceptors (Lipinski definition) is 6. The molecule has 1 heterocycles. The Morgan fingerprint density at radius 3 is 2.33 bits per heavy atom. The molecule has 8 heteroatoms. The predicted molar refractivity (Wildman–Crippen MR) is 128 cm³/mol. The molecule has 1 unspecified atom stereocenters. The number of rotatable bonds is 10. The van der Waals surface area contributed by atoms with Gasteiger partial charge >= 0.3 is 0 Å². The summed E-state index contributed by atoms with van der Waals surface area (Å²) in [5.41, 5.74) is -0.642. The molecule has 1 aromatic rings. The van der Waals surface area contributed by atoms with E-state index in [0.29, 0.717) is 0 Å². The highest BCUT2D eigenvalue weighted by Crippen LogP contribution is 2.44. The van der Waals surface area contributed by atoms with E-state index in [4.69, 9.17) is 18.3 Å². The van der Waals surface area contributed by atoms with Gasteiger partial charge in [0.05, 0.1) is 18.8 Å². The van der Waals surface area contributed by atoms with E-state index >= 15 is 0 Å². The predicted octanol–water partition coefficient (Wildman–Crippen LogP) is 5.80. The Kier molecular flexibility index (Phi) is 8.43. The van der Waals surface area contributed by atoms with Crippen molar-refractivity contribution in [1.82, 2.24) is 0 Å². The van der Waals surface area contributed by atoms with Crippen molar-refractivity contribution < 1.29 is 23.1 Å². The highest BCUT2D eigenvalue weighted by Gasteiger charge is 2.48. The van der Waals surface area contributed by atoms with Gasteiger partial charge in [-0.1, -0.05) is 18.2 Å². The van der Waals surface area contributed by atoms with Crippen LogP contribution in [0.4, 0.5) is 0 Å². The molecule has 30 heavy (non-hydrogen) atoms. The third-order valence-corrected chi connectivity index (χ3v) is 7.71. The minimum Gasteiger partial charge on any atom is -0.520 e. The lowest BCUT2D eigenvalue weighted by atomic mass is 9.95. The van der Waals surface area contributed by atoms with Gasteiger partial charge in [0, 0.05) is 23.0 Å². The molecule has 0 amide bonds. The highest BCUT2D eigenvalue weighted by molar-refractivity contribution is 8.00. The fourth-order valence-corrected chi connectivity index (χ4v) is 6.23. The van der Waals surface area contributed by atoms with Crippen LogP contribution in [0.15, 0.2) is 47.2 Å². The van der Waals surface area contributed by atoms with Crippen molar-refractivity contribution in [2.75, 3.05) is 7.11 Å². The van der Waals surface area contributed by atoms with E-state index < -0.39 is 22.2 Å². The molecule has 0 bridgehead atoms. The molecule has 2 rings (SSSR count). The molecule has 1 aliphatic rings. The number of thioether (sulfide) groups is 1. The summed E-state index contributed by atoms with van der Waals surface area (Å²) >= 11 is 1.75. The average molecular weight is 469 g/mol. The molecule has 1 aliphatic heterocycles. The van der Waals surface area contributed by atoms with Crippen LogP contribution in [-0.2, 0) is 23.1 Å². The molecule has 3 atom stereocenters. The van der Waals surface area contributed by atoms with Crippen LogP contribution in [-0.4, -0.2) is 46.7 Å². The number of carbonyl (C=O) groups is 1. The van der Waals surface area contributed by atoms with Crippen LogP contribution in [0.2, 0.25) is 39.3 Å². The number of carbonyl (C=O) groups excluding carboxylic acids is 1. The van der Waals surface area contributed by atoms with E-state index in [-0.39, 0.29) is 29.7 Å². The Hall–Kier alpha value is -1.07. The largest absolute Gasteiger partial charge is 0.520 e. The summed E-state index contributed by atoms with van der Waals surface area (Å²) in [6.45, 7) is 14.6. The van der Waals surface area contributed by atoms with E-state index in [1.54, 1.807) is 11.8 Å². The quantitative estimate of drug-likeness (QED) is 0.246. The summed E-state index contributed by atoms with van der Waals surface area (Å²) in [5, 5.41) is 0.0995. The van der Waals surface area contributed by atoms with Gasteiger partial charge in [-0.25, -0.2) is 0 Å². The van der Waals surface area contributed by atoms with Crippen LogP contribution in [0.3, 0.4) is 0 Å². The van der Waals surface area contributed by atoms with Crippen molar-refractivity contribution in [3.63, 3.8) is 0 Å². The van der Waals surface area contributed by atoms with Gasteiger partial charge in [0.15, 0.2) is 14.1 Å². The second-order valence-corrected chi connectivity index (χ2v) is 19.9. The summed E-state index contributed by atoms with van der Waals surface area (Å²) in [7, 11) is -2.11. The van der Waals surface area contributed by atoms with Crippen molar-refractivity contribution in [2.24, 2.45) is 0 Å². The molecule has 5 nitrogen and oxygen atoms in total. The maximum Gasteiger partial charge on any atom is 0.268 e. The Balaban J connectivity index is 2.19. The van der Waals surface area contributed by atoms with E-state index in [1.807, 2.05) is 25.1 Å². The van der Waals surface area contributed by atoms with Gasteiger partial charge in [0.25, 0.3) is 5.95 Å². The number of ketones is 1. The van der Waals surface area contributed by atoms with Crippen molar-refractivity contribution >= 4 is 34.2 Å². The maximum absolute atomic E-state index is 12.9. The summed E-state index contributed by atoms with van der Waals surface area (Å²) in [4.78, 5) is 14.1. The average Bonchev–Trinajstić information content (AvgIpc) is 2.86. The van der Waals surface area contributed by atoms with Gasteiger partial charge in [-0.15, -0.1) is 11.8 Å². The van der Waals surface area contributed by atoms with Gasteiger partial charge in [-0.05, 0) is 58.3 Å². The zero-order valence-electron chi connectivity index (χ0n) is 19.5. The van der Waals surface area contributed by atoms with Crippen LogP contribution < -0.4 is 0 Å². The fraction of sp³-hybridized carbons (Fsp3) is 0.591. The minimum atomic E-state index is -1.87. The molecule has 0 spiro atoms. The zero-order chi connectivity index (χ0) is 22.6. The maximum atomic E-state index is 12.9. The van der Waals surface area contributed by atoms with E-state index in [9.17, 15) is 4.79 Å². The molecular formula is C22H36O5SSi2. The van der Waals surface area contributed by atoms with Crippen LogP contribution in [0.1, 0.15) is 19.8 Å². The lowest BCUT2D eigenvalue weighted by molar-refractivity contribution is -0.135. The van der Waals surface area contributed by atoms with E-state index in [0.717, 1.165) is 11.3 Å². The topological polar surface area (TPSA) is 54.0 Å². The standard InChI is InChI=1S/C22H36O5SSi2/c1-22(16-17(23)14-20(24-2)26-29(3,4)5)19(28-18-12-10-9-11-13-18)15-21(25-22)27-30(6,7)8/h9-14,19,21H,15-16H2,1-8H3/b20-14-/t19-,21?,22+/m0/s1. The highest BCUT2D eigenvalue weighted by atomic mass is 32.2. The lowest BCUT2D eigenvalue weighted by Crippen LogP contribution is -2.38. The van der Waals surface area contributed by atoms with Gasteiger partial charge < -0.3 is 18.3 Å². The Labute approximate surface area is 187 Å². The van der Waals surface area contributed by atoms with Gasteiger partial charge in [0.1, 0.15) is 6.29 Å². The van der Waals surface area contributed by atoms with Crippen molar-refractivity contribution in [3.05, 3.63) is 42.4 Å². The van der Waals surface area contributed by atoms with Crippen LogP contribution in [0.5, 0.6) is 0 Å². The normalized spacial score (nSPS) is 25.3. The number of methoxy groups -OCH3 is 1. The third kappa shape index (κ3) is 8.22. The van der Waals surface area contributed by atoms with Gasteiger partial charge in [-0.2, -0.15) is 0 Å². The molecule has 1 saturated heterocycles. The Bertz CT molecular complexity index is 742. The van der Waals surface area contributed by atoms with Crippen molar-refractivity contribution in [2.45, 2.75) is 81.1 Å². The molecular weight excluding hydrogens is 432 g/mol. The van der Waals surface area contributed by atoms with Crippen molar-refractivity contribution in [1.29, 1.82) is 0 Å². The molecule has 168 valence electrons. The third-order valence-electron chi connectivity index (χ3n) is 4.41. The summed E-state index contributed by atoms with van der Waals surface area (Å²) in [6, 6.07) is 10.2. The van der Waals surface area contributed by atoms with Gasteiger partial charge in [-0.3, -0.25) is 4.79 Å². The smallest absolute Gasteiger partial charge is 0.268 e. The van der Waals surface area contributed by atoms with Gasteiger partial charge in [0.2, 0.25) is 8.32 Å². The first kappa shape index (κ1) is 25.2. The summed E-state index contributed by atoms with van der Waals surface area (Å²) in [5.74, 6) is 0.211. The van der Waals surface area contributed by atoms with Crippen molar-refractivity contribution in [3.8, 4) is 0 Å². The molecule has 0 radical (unpaired) electrons. The second kappa shape index (κ2) is 10.0. The Morgan fingerprint density at radius 1 is 1.17 bits per heavy atom. The monoisotopic (exact) mass is 468 g/mol. The molecule has 0 saturated carbocycles. The minimum absolute atomic E-state index is 0.0695. The summed E-state index contributed by atoms with van der Waals surface area (Å²) in [6.07, 6.45) is 2.16. The summed E-state index contributed by atoms with van der Waals surface area (Å²) < 4.78 is 23.8. The molecule has 0 N–H and O–H groups in total. The lowest BCUT2D eigenvalue weighted by Gasteiger charge is -2.30. The molecule has 1 aromatic carbocycles. The van der Waals surface area contributed by atoms with E-state index in [1.165, 1.54) is 13.2 Å².